The van der Waals surface area contributed by atoms with E-state index in [4.69, 9.17) is 0 Å². The first-order valence-electron chi connectivity index (χ1n) is 9.43. The number of nitrogens with zero attached hydrogens (tertiary/aromatic N) is 3. The molecular weight excluding hydrogens is 338 g/mol. The number of carbonyl (C=O) groups is 1. The molecule has 2 heterocycles. The molecule has 5 heteroatoms. The van der Waals surface area contributed by atoms with Crippen LogP contribution < -0.4 is 5.56 Å². The summed E-state index contributed by atoms with van der Waals surface area (Å²) in [6.45, 7) is 3.40. The summed E-state index contributed by atoms with van der Waals surface area (Å²) in [5.41, 5.74) is 3.55. The Hall–Kier alpha value is -2.95. The molecule has 2 aromatic carbocycles. The summed E-state index contributed by atoms with van der Waals surface area (Å²) in [6, 6.07) is 13.5. The lowest BCUT2D eigenvalue weighted by Gasteiger charge is -2.18. The van der Waals surface area contributed by atoms with E-state index in [9.17, 15) is 9.59 Å². The minimum Gasteiger partial charge on any atom is -0.337 e. The molecule has 0 saturated heterocycles. The number of fused-ring (bicyclic) bond motifs is 2. The molecule has 0 saturated carbocycles. The molecule has 0 radical (unpaired) electrons. The second-order valence-electron chi connectivity index (χ2n) is 7.15. The van der Waals surface area contributed by atoms with E-state index in [0.29, 0.717) is 23.0 Å². The Kier molecular flexibility index (Phi) is 4.52. The minimum absolute atomic E-state index is 0.00383. The van der Waals surface area contributed by atoms with Gasteiger partial charge in [0.2, 0.25) is 0 Å². The number of aryl methyl sites for hydroxylation is 2. The first-order valence-corrected chi connectivity index (χ1v) is 9.43. The number of aromatic nitrogens is 2. The second-order valence-corrected chi connectivity index (χ2v) is 7.15. The van der Waals surface area contributed by atoms with Gasteiger partial charge in [0.05, 0.1) is 10.9 Å². The van der Waals surface area contributed by atoms with Crippen LogP contribution >= 0.6 is 0 Å². The highest BCUT2D eigenvalue weighted by Gasteiger charge is 2.18. The zero-order valence-corrected chi connectivity index (χ0v) is 15.7. The Morgan fingerprint density at radius 1 is 1.15 bits per heavy atom. The third-order valence-electron chi connectivity index (χ3n) is 5.26. The molecule has 0 spiro atoms. The molecule has 0 aliphatic carbocycles. The van der Waals surface area contributed by atoms with Crippen molar-refractivity contribution in [3.05, 3.63) is 75.3 Å². The molecule has 4 rings (SSSR count). The molecule has 1 aliphatic rings. The molecule has 1 aromatic heterocycles. The summed E-state index contributed by atoms with van der Waals surface area (Å²) in [7, 11) is 1.80. The summed E-state index contributed by atoms with van der Waals surface area (Å²) in [6.07, 6.45) is 2.77. The molecule has 0 N–H and O–H groups in total. The first-order chi connectivity index (χ1) is 13.1. The fourth-order valence-electron chi connectivity index (χ4n) is 3.66. The van der Waals surface area contributed by atoms with E-state index in [1.54, 1.807) is 34.7 Å². The van der Waals surface area contributed by atoms with Crippen LogP contribution in [0.1, 0.15) is 40.7 Å². The molecular formula is C22H23N3O2. The van der Waals surface area contributed by atoms with Crippen molar-refractivity contribution in [3.8, 4) is 0 Å². The van der Waals surface area contributed by atoms with Crippen molar-refractivity contribution in [3.63, 3.8) is 0 Å². The fraction of sp³-hybridized carbons (Fsp3) is 0.318. The van der Waals surface area contributed by atoms with Crippen LogP contribution in [0.15, 0.2) is 47.3 Å². The summed E-state index contributed by atoms with van der Waals surface area (Å²) in [5.74, 6) is 0.750. The average Bonchev–Trinajstić information content (AvgIpc) is 3.16. The maximum absolute atomic E-state index is 12.8. The number of hydrogen-bond donors (Lipinski definition) is 0. The highest BCUT2D eigenvalue weighted by atomic mass is 16.2. The van der Waals surface area contributed by atoms with Crippen molar-refractivity contribution >= 4 is 16.8 Å². The molecule has 1 amide bonds. The van der Waals surface area contributed by atoms with Gasteiger partial charge in [0.15, 0.2) is 0 Å². The van der Waals surface area contributed by atoms with E-state index in [-0.39, 0.29) is 11.5 Å². The molecule has 138 valence electrons. The van der Waals surface area contributed by atoms with Gasteiger partial charge in [0.1, 0.15) is 5.82 Å². The summed E-state index contributed by atoms with van der Waals surface area (Å²) in [5, 5.41) is 0.579. The largest absolute Gasteiger partial charge is 0.337 e. The summed E-state index contributed by atoms with van der Waals surface area (Å²) in [4.78, 5) is 31.7. The van der Waals surface area contributed by atoms with Gasteiger partial charge in [-0.2, -0.15) is 0 Å². The van der Waals surface area contributed by atoms with Gasteiger partial charge >= 0.3 is 0 Å². The minimum atomic E-state index is -0.0705. The van der Waals surface area contributed by atoms with Crippen molar-refractivity contribution in [2.45, 2.75) is 39.3 Å². The van der Waals surface area contributed by atoms with Crippen LogP contribution in [0, 0.1) is 0 Å². The van der Waals surface area contributed by atoms with Crippen LogP contribution in [-0.4, -0.2) is 27.4 Å². The number of benzene rings is 2. The molecule has 5 nitrogen and oxygen atoms in total. The smallest absolute Gasteiger partial charge is 0.261 e. The second kappa shape index (κ2) is 6.99. The first kappa shape index (κ1) is 17.5. The summed E-state index contributed by atoms with van der Waals surface area (Å²) < 4.78 is 1.75. The molecule has 3 aromatic rings. The fourth-order valence-corrected chi connectivity index (χ4v) is 3.66. The topological polar surface area (TPSA) is 55.2 Å². The number of rotatable bonds is 4. The van der Waals surface area contributed by atoms with Crippen molar-refractivity contribution in [1.29, 1.82) is 0 Å². The van der Waals surface area contributed by atoms with Crippen molar-refractivity contribution in [2.75, 3.05) is 7.05 Å². The molecule has 0 fully saturated rings. The maximum Gasteiger partial charge on any atom is 0.261 e. The van der Waals surface area contributed by atoms with Gasteiger partial charge in [-0.25, -0.2) is 4.98 Å². The zero-order chi connectivity index (χ0) is 19.0. The molecule has 0 atom stereocenters. The van der Waals surface area contributed by atoms with Gasteiger partial charge in [-0.1, -0.05) is 31.2 Å². The lowest BCUT2D eigenvalue weighted by Crippen LogP contribution is -2.26. The van der Waals surface area contributed by atoms with Crippen molar-refractivity contribution < 1.29 is 4.79 Å². The predicted molar refractivity (Wildman–Crippen MR) is 106 cm³/mol. The monoisotopic (exact) mass is 361 g/mol. The maximum atomic E-state index is 12.8. The Labute approximate surface area is 158 Å². The standard InChI is InChI=1S/C22H23N3O2/c1-3-15-6-8-16(9-7-15)14-24(2)21(26)17-10-11-18-19(13-17)23-20-5-4-12-25(20)22(18)27/h6-11,13H,3-5,12,14H2,1-2H3. The van der Waals surface area contributed by atoms with Crippen LogP contribution in [0.3, 0.4) is 0 Å². The Bertz CT molecular complexity index is 1070. The zero-order valence-electron chi connectivity index (χ0n) is 15.7. The van der Waals surface area contributed by atoms with Crippen LogP contribution in [0.2, 0.25) is 0 Å². The third kappa shape index (κ3) is 3.25. The SMILES string of the molecule is CCc1ccc(CN(C)C(=O)c2ccc3c(=O)n4c(nc3c2)CCC4)cc1. The van der Waals surface area contributed by atoms with E-state index in [1.807, 2.05) is 0 Å². The molecule has 0 bridgehead atoms. The molecule has 27 heavy (non-hydrogen) atoms. The van der Waals surface area contributed by atoms with Crippen LogP contribution in [0.5, 0.6) is 0 Å². The van der Waals surface area contributed by atoms with E-state index >= 15 is 0 Å². The lowest BCUT2D eigenvalue weighted by atomic mass is 10.1. The van der Waals surface area contributed by atoms with E-state index in [0.717, 1.165) is 37.2 Å². The number of carbonyl (C=O) groups excluding carboxylic acids is 1. The van der Waals surface area contributed by atoms with E-state index in [1.165, 1.54) is 5.56 Å². The quantitative estimate of drug-likeness (QED) is 0.717. The average molecular weight is 361 g/mol. The van der Waals surface area contributed by atoms with Gasteiger partial charge in [0.25, 0.3) is 11.5 Å². The van der Waals surface area contributed by atoms with E-state index < -0.39 is 0 Å². The normalized spacial score (nSPS) is 13.0. The number of hydrogen-bond acceptors (Lipinski definition) is 3. The van der Waals surface area contributed by atoms with Gasteiger partial charge < -0.3 is 4.90 Å². The van der Waals surface area contributed by atoms with Gasteiger partial charge in [0, 0.05) is 32.1 Å². The lowest BCUT2D eigenvalue weighted by molar-refractivity contribution is 0.0785. The Morgan fingerprint density at radius 3 is 2.63 bits per heavy atom. The van der Waals surface area contributed by atoms with Crippen LogP contribution in [0.25, 0.3) is 10.9 Å². The highest BCUT2D eigenvalue weighted by molar-refractivity contribution is 5.97. The van der Waals surface area contributed by atoms with Crippen LogP contribution in [0.4, 0.5) is 0 Å². The van der Waals surface area contributed by atoms with Gasteiger partial charge in [-0.05, 0) is 42.2 Å². The van der Waals surface area contributed by atoms with Crippen LogP contribution in [-0.2, 0) is 25.9 Å². The van der Waals surface area contributed by atoms with E-state index in [2.05, 4.69) is 36.2 Å². The van der Waals surface area contributed by atoms with Gasteiger partial charge in [-0.3, -0.25) is 14.2 Å². The number of amides is 1. The van der Waals surface area contributed by atoms with Crippen molar-refractivity contribution in [2.24, 2.45) is 0 Å². The molecule has 1 aliphatic heterocycles. The Balaban J connectivity index is 1.60. The summed E-state index contributed by atoms with van der Waals surface area (Å²) >= 11 is 0. The van der Waals surface area contributed by atoms with Gasteiger partial charge in [-0.15, -0.1) is 0 Å². The Morgan fingerprint density at radius 2 is 1.89 bits per heavy atom. The predicted octanol–water partition coefficient (Wildman–Crippen LogP) is 3.18. The highest BCUT2D eigenvalue weighted by Crippen LogP contribution is 2.17. The molecule has 0 unspecified atom stereocenters. The third-order valence-corrected chi connectivity index (χ3v) is 5.26. The van der Waals surface area contributed by atoms with Crippen molar-refractivity contribution in [1.82, 2.24) is 14.5 Å².